The van der Waals surface area contributed by atoms with E-state index in [0.29, 0.717) is 12.6 Å². The molecule has 2 heterocycles. The van der Waals surface area contributed by atoms with Crippen LogP contribution in [0.2, 0.25) is 0 Å². The highest BCUT2D eigenvalue weighted by Gasteiger charge is 2.35. The third kappa shape index (κ3) is 2.36. The number of amides is 1. The van der Waals surface area contributed by atoms with Crippen molar-refractivity contribution in [3.63, 3.8) is 0 Å². The first-order chi connectivity index (χ1) is 11.6. The fraction of sp³-hybridized carbons (Fsp3) is 0.421. The van der Waals surface area contributed by atoms with Gasteiger partial charge < -0.3 is 15.4 Å². The monoisotopic (exact) mass is 325 g/mol. The van der Waals surface area contributed by atoms with Gasteiger partial charge in [0, 0.05) is 35.7 Å². The predicted octanol–water partition coefficient (Wildman–Crippen LogP) is 1.53. The van der Waals surface area contributed by atoms with E-state index >= 15 is 0 Å². The molecule has 0 spiro atoms. The van der Waals surface area contributed by atoms with Gasteiger partial charge in [-0.15, -0.1) is 0 Å². The van der Waals surface area contributed by atoms with Crippen molar-refractivity contribution in [2.75, 3.05) is 20.2 Å². The summed E-state index contributed by atoms with van der Waals surface area (Å²) >= 11 is 0. The SMILES string of the molecule is C[C@H](CO)NC(=O)[C@@H]1C=C2c3cccc4[nH]cc(c34)C[C@@H]2N(C)C1. The topological polar surface area (TPSA) is 68.4 Å². The number of hydrogen-bond donors (Lipinski definition) is 3. The highest BCUT2D eigenvalue weighted by molar-refractivity contribution is 5.99. The molecule has 0 fully saturated rings. The Morgan fingerprint density at radius 3 is 3.12 bits per heavy atom. The van der Waals surface area contributed by atoms with Crippen molar-refractivity contribution >= 4 is 22.4 Å². The third-order valence-electron chi connectivity index (χ3n) is 5.27. The lowest BCUT2D eigenvalue weighted by atomic mass is 9.80. The summed E-state index contributed by atoms with van der Waals surface area (Å²) in [6, 6.07) is 6.42. The van der Waals surface area contributed by atoms with Gasteiger partial charge >= 0.3 is 0 Å². The van der Waals surface area contributed by atoms with Crippen LogP contribution in [-0.2, 0) is 11.2 Å². The van der Waals surface area contributed by atoms with Crippen molar-refractivity contribution in [1.82, 2.24) is 15.2 Å². The minimum Gasteiger partial charge on any atom is -0.394 e. The van der Waals surface area contributed by atoms with Crippen molar-refractivity contribution < 1.29 is 9.90 Å². The lowest BCUT2D eigenvalue weighted by Crippen LogP contribution is -2.48. The molecular formula is C19H23N3O2. The van der Waals surface area contributed by atoms with Crippen molar-refractivity contribution in [3.8, 4) is 0 Å². The summed E-state index contributed by atoms with van der Waals surface area (Å²) in [6.07, 6.45) is 5.22. The molecule has 0 saturated carbocycles. The molecule has 4 rings (SSSR count). The highest BCUT2D eigenvalue weighted by Crippen LogP contribution is 2.40. The number of fused-ring (bicyclic) bond motifs is 2. The number of aliphatic hydroxyl groups excluding tert-OH is 1. The van der Waals surface area contributed by atoms with E-state index in [1.54, 1.807) is 0 Å². The number of carbonyl (C=O) groups is 1. The van der Waals surface area contributed by atoms with E-state index in [2.05, 4.69) is 52.7 Å². The summed E-state index contributed by atoms with van der Waals surface area (Å²) in [5, 5.41) is 13.3. The third-order valence-corrected chi connectivity index (χ3v) is 5.27. The van der Waals surface area contributed by atoms with E-state index in [0.717, 1.165) is 11.9 Å². The second kappa shape index (κ2) is 5.76. The number of likely N-dealkylation sites (N-methyl/N-ethyl adjacent to an activating group) is 1. The van der Waals surface area contributed by atoms with Gasteiger partial charge in [-0.25, -0.2) is 0 Å². The molecule has 126 valence electrons. The number of rotatable bonds is 3. The van der Waals surface area contributed by atoms with Gasteiger partial charge in [-0.2, -0.15) is 0 Å². The van der Waals surface area contributed by atoms with Gasteiger partial charge in [0.05, 0.1) is 12.5 Å². The van der Waals surface area contributed by atoms with Crippen molar-refractivity contribution in [2.24, 2.45) is 5.92 Å². The minimum atomic E-state index is -0.218. The van der Waals surface area contributed by atoms with Gasteiger partial charge in [0.1, 0.15) is 0 Å². The van der Waals surface area contributed by atoms with Gasteiger partial charge in [-0.3, -0.25) is 9.69 Å². The van der Waals surface area contributed by atoms with Crippen molar-refractivity contribution in [1.29, 1.82) is 0 Å². The van der Waals surface area contributed by atoms with Gasteiger partial charge in [-0.05, 0) is 43.2 Å². The first-order valence-corrected chi connectivity index (χ1v) is 8.51. The average Bonchev–Trinajstić information content (AvgIpc) is 3.00. The number of aliphatic hydroxyl groups is 1. The number of aromatic nitrogens is 1. The number of benzene rings is 1. The number of nitrogens with zero attached hydrogens (tertiary/aromatic N) is 1. The molecule has 0 radical (unpaired) electrons. The summed E-state index contributed by atoms with van der Waals surface area (Å²) in [5.41, 5.74) is 4.99. The fourth-order valence-corrected chi connectivity index (χ4v) is 4.01. The van der Waals surface area contributed by atoms with Crippen LogP contribution in [-0.4, -0.2) is 53.2 Å². The van der Waals surface area contributed by atoms with Crippen LogP contribution in [0.1, 0.15) is 18.1 Å². The van der Waals surface area contributed by atoms with E-state index in [-0.39, 0.29) is 24.5 Å². The molecule has 0 bridgehead atoms. The van der Waals surface area contributed by atoms with E-state index in [4.69, 9.17) is 5.11 Å². The van der Waals surface area contributed by atoms with Crippen LogP contribution in [0.5, 0.6) is 0 Å². The first-order valence-electron chi connectivity index (χ1n) is 8.51. The number of aromatic amines is 1. The quantitative estimate of drug-likeness (QED) is 0.802. The zero-order valence-electron chi connectivity index (χ0n) is 14.0. The molecule has 1 aromatic heterocycles. The smallest absolute Gasteiger partial charge is 0.228 e. The van der Waals surface area contributed by atoms with Crippen LogP contribution in [0.3, 0.4) is 0 Å². The number of H-pyrrole nitrogens is 1. The lowest BCUT2D eigenvalue weighted by molar-refractivity contribution is -0.125. The molecule has 3 atom stereocenters. The molecule has 24 heavy (non-hydrogen) atoms. The summed E-state index contributed by atoms with van der Waals surface area (Å²) in [7, 11) is 2.09. The Balaban J connectivity index is 1.75. The largest absolute Gasteiger partial charge is 0.394 e. The van der Waals surface area contributed by atoms with E-state index in [1.807, 2.05) is 6.92 Å². The Morgan fingerprint density at radius 1 is 1.50 bits per heavy atom. The summed E-state index contributed by atoms with van der Waals surface area (Å²) in [4.78, 5) is 18.2. The van der Waals surface area contributed by atoms with Crippen LogP contribution in [0.25, 0.3) is 16.5 Å². The van der Waals surface area contributed by atoms with Gasteiger partial charge in [0.15, 0.2) is 0 Å². The zero-order valence-corrected chi connectivity index (χ0v) is 14.0. The summed E-state index contributed by atoms with van der Waals surface area (Å²) in [5.74, 6) is -0.201. The van der Waals surface area contributed by atoms with E-state index in [9.17, 15) is 4.79 Å². The number of nitrogens with one attached hydrogen (secondary N) is 2. The molecule has 1 amide bonds. The highest BCUT2D eigenvalue weighted by atomic mass is 16.3. The normalized spacial score (nSPS) is 24.4. The molecule has 0 saturated heterocycles. The molecule has 0 unspecified atom stereocenters. The van der Waals surface area contributed by atoms with Crippen LogP contribution in [0.4, 0.5) is 0 Å². The molecule has 3 N–H and O–H groups in total. The maximum atomic E-state index is 12.5. The van der Waals surface area contributed by atoms with Crippen molar-refractivity contribution in [3.05, 3.63) is 41.6 Å². The molecule has 1 aromatic carbocycles. The van der Waals surface area contributed by atoms with Gasteiger partial charge in [0.2, 0.25) is 5.91 Å². The summed E-state index contributed by atoms with van der Waals surface area (Å²) in [6.45, 7) is 2.47. The maximum absolute atomic E-state index is 12.5. The number of hydrogen-bond acceptors (Lipinski definition) is 3. The molecule has 5 heteroatoms. The number of carbonyl (C=O) groups excluding carboxylic acids is 1. The fourth-order valence-electron chi connectivity index (χ4n) is 4.01. The standard InChI is InChI=1S/C19H23N3O2/c1-11(10-23)21-19(24)13-6-15-14-4-3-5-16-18(14)12(8-20-16)7-17(15)22(2)9-13/h3-6,8,11,13,17,20,23H,7,9-10H2,1-2H3,(H,21,24)/t11-,13-,17+/m1/s1. The van der Waals surface area contributed by atoms with Crippen LogP contribution in [0.15, 0.2) is 30.5 Å². The Kier molecular flexibility index (Phi) is 3.70. The van der Waals surface area contributed by atoms with Gasteiger partial charge in [0.25, 0.3) is 0 Å². The first kappa shape index (κ1) is 15.4. The Hall–Kier alpha value is -2.11. The lowest BCUT2D eigenvalue weighted by Gasteiger charge is -2.39. The van der Waals surface area contributed by atoms with E-state index < -0.39 is 0 Å². The van der Waals surface area contributed by atoms with E-state index in [1.165, 1.54) is 22.1 Å². The van der Waals surface area contributed by atoms with Crippen LogP contribution < -0.4 is 5.32 Å². The Bertz CT molecular complexity index is 823. The molecular weight excluding hydrogens is 302 g/mol. The molecule has 5 nitrogen and oxygen atoms in total. The average molecular weight is 325 g/mol. The Morgan fingerprint density at radius 2 is 2.33 bits per heavy atom. The molecule has 2 aromatic rings. The van der Waals surface area contributed by atoms with Crippen molar-refractivity contribution in [2.45, 2.75) is 25.4 Å². The summed E-state index contributed by atoms with van der Waals surface area (Å²) < 4.78 is 0. The molecule has 1 aliphatic heterocycles. The van der Waals surface area contributed by atoms with Crippen LogP contribution in [0, 0.1) is 5.92 Å². The van der Waals surface area contributed by atoms with Crippen LogP contribution >= 0.6 is 0 Å². The molecule has 1 aliphatic carbocycles. The maximum Gasteiger partial charge on any atom is 0.228 e. The second-order valence-electron chi connectivity index (χ2n) is 7.02. The minimum absolute atomic E-state index is 0.0126. The van der Waals surface area contributed by atoms with Gasteiger partial charge in [-0.1, -0.05) is 18.2 Å². The molecule has 2 aliphatic rings. The second-order valence-corrected chi connectivity index (χ2v) is 7.02. The zero-order chi connectivity index (χ0) is 16.8. The predicted molar refractivity (Wildman–Crippen MR) is 94.6 cm³/mol. The Labute approximate surface area is 141 Å².